The first-order valence-electron chi connectivity index (χ1n) is 24.7. The molecule has 24 nitrogen and oxygen atoms in total. The molecule has 0 aliphatic heterocycles. The standard InChI is InChI=1S/C48H79N9O15S2/c1-37(2)44(46(61)55-40(6-5-16-53-47(50)62)45(60)54-39-10-8-38(9-11-39)36-57(18-14-49)48(63)64)56-42(59)12-19-65-21-23-67-25-27-69-29-31-71-33-34-72-32-30-70-28-26-68-24-22-66-20-17-51-41(58)13-35-73-74-43-7-3-4-15-52-43/h3-4,7-11,15,37,40,44H,5-6,12-14,16-36,49H2,1-2H3,(H,51,58)(H,54,60)(H,55,61)(H,56,59)(H,63,64)(H3,50,53,62)/t40-,44-/m0/s1. The number of hydrogen-bond acceptors (Lipinski definition) is 18. The van der Waals surface area contributed by atoms with Gasteiger partial charge in [0.25, 0.3) is 0 Å². The van der Waals surface area contributed by atoms with Crippen LogP contribution in [0, 0.1) is 5.92 Å². The number of nitrogens with one attached hydrogen (secondary N) is 5. The number of aromatic nitrogens is 1. The van der Waals surface area contributed by atoms with Crippen LogP contribution in [0.2, 0.25) is 0 Å². The fourth-order valence-corrected chi connectivity index (χ4v) is 8.03. The Balaban J connectivity index is 1.44. The van der Waals surface area contributed by atoms with Crippen molar-refractivity contribution in [2.24, 2.45) is 17.4 Å². The van der Waals surface area contributed by atoms with Crippen LogP contribution in [0.3, 0.4) is 0 Å². The Hall–Kier alpha value is -4.87. The van der Waals surface area contributed by atoms with Gasteiger partial charge in [-0.25, -0.2) is 14.6 Å². The van der Waals surface area contributed by atoms with E-state index >= 15 is 0 Å². The summed E-state index contributed by atoms with van der Waals surface area (Å²) in [5.41, 5.74) is 11.8. The summed E-state index contributed by atoms with van der Waals surface area (Å²) in [7, 11) is 3.15. The van der Waals surface area contributed by atoms with Crippen molar-refractivity contribution in [3.63, 3.8) is 0 Å². The molecule has 0 radical (unpaired) electrons. The number of carbonyl (C=O) groups is 6. The molecule has 26 heteroatoms. The van der Waals surface area contributed by atoms with Gasteiger partial charge in [0.15, 0.2) is 0 Å². The number of nitrogens with zero attached hydrogens (tertiary/aromatic N) is 2. The van der Waals surface area contributed by atoms with Crippen molar-refractivity contribution in [3.05, 3.63) is 54.2 Å². The third-order valence-electron chi connectivity index (χ3n) is 9.97. The predicted octanol–water partition coefficient (Wildman–Crippen LogP) is 2.00. The largest absolute Gasteiger partial charge is 0.465 e. The average Bonchev–Trinajstić information content (AvgIpc) is 3.37. The molecule has 1 heterocycles. The van der Waals surface area contributed by atoms with Gasteiger partial charge in [-0.2, -0.15) is 0 Å². The van der Waals surface area contributed by atoms with Crippen molar-refractivity contribution < 1.29 is 71.8 Å². The van der Waals surface area contributed by atoms with Gasteiger partial charge in [-0.3, -0.25) is 19.2 Å². The fraction of sp³-hybridized carbons (Fsp3) is 0.646. The molecule has 7 amide bonds. The van der Waals surface area contributed by atoms with Crippen LogP contribution in [-0.4, -0.2) is 200 Å². The zero-order valence-electron chi connectivity index (χ0n) is 42.8. The Kier molecular flexibility index (Phi) is 38.2. The number of carbonyl (C=O) groups excluding carboxylic acids is 5. The van der Waals surface area contributed by atoms with E-state index in [-0.39, 0.29) is 64.1 Å². The number of carboxylic acid groups (broad SMARTS) is 1. The minimum absolute atomic E-state index is 0.00598. The summed E-state index contributed by atoms with van der Waals surface area (Å²) >= 11 is 0. The Morgan fingerprint density at radius 2 is 1.22 bits per heavy atom. The summed E-state index contributed by atoms with van der Waals surface area (Å²) in [4.78, 5) is 79.7. The van der Waals surface area contributed by atoms with E-state index in [1.54, 1.807) is 65.9 Å². The second-order valence-electron chi connectivity index (χ2n) is 16.3. The van der Waals surface area contributed by atoms with E-state index in [1.165, 1.54) is 4.90 Å². The smallest absolute Gasteiger partial charge is 0.407 e. The molecule has 0 saturated heterocycles. The van der Waals surface area contributed by atoms with Gasteiger partial charge in [0.1, 0.15) is 17.1 Å². The summed E-state index contributed by atoms with van der Waals surface area (Å²) in [5.74, 6) is -1.14. The third kappa shape index (κ3) is 34.6. The number of rotatable bonds is 46. The van der Waals surface area contributed by atoms with Crippen molar-refractivity contribution >= 4 is 63.0 Å². The number of benzene rings is 1. The maximum Gasteiger partial charge on any atom is 0.407 e. The van der Waals surface area contributed by atoms with E-state index in [1.807, 2.05) is 18.2 Å². The van der Waals surface area contributed by atoms with Crippen LogP contribution in [0.1, 0.15) is 45.1 Å². The minimum Gasteiger partial charge on any atom is -0.465 e. The van der Waals surface area contributed by atoms with Gasteiger partial charge in [0, 0.05) is 63.2 Å². The Labute approximate surface area is 442 Å². The molecule has 10 N–H and O–H groups in total. The first kappa shape index (κ1) is 65.2. The lowest BCUT2D eigenvalue weighted by molar-refractivity contribution is -0.132. The number of pyridine rings is 1. The lowest BCUT2D eigenvalue weighted by atomic mass is 10.0. The van der Waals surface area contributed by atoms with Crippen molar-refractivity contribution in [3.8, 4) is 0 Å². The molecule has 1 aromatic heterocycles. The summed E-state index contributed by atoms with van der Waals surface area (Å²) in [6.07, 6.45) is 1.52. The summed E-state index contributed by atoms with van der Waals surface area (Å²) in [6, 6.07) is 9.59. The van der Waals surface area contributed by atoms with E-state index in [9.17, 15) is 33.9 Å². The maximum atomic E-state index is 13.5. The highest BCUT2D eigenvalue weighted by molar-refractivity contribution is 8.76. The second-order valence-corrected chi connectivity index (χ2v) is 18.7. The Morgan fingerprint density at radius 1 is 0.662 bits per heavy atom. The molecule has 2 atom stereocenters. The second kappa shape index (κ2) is 43.4. The molecular formula is C48H79N9O15S2. The van der Waals surface area contributed by atoms with Crippen molar-refractivity contribution in [1.82, 2.24) is 31.2 Å². The number of anilines is 1. The number of primary amides is 1. The normalized spacial score (nSPS) is 11.9. The molecule has 2 rings (SSSR count). The molecule has 0 unspecified atom stereocenters. The van der Waals surface area contributed by atoms with Gasteiger partial charge in [-0.15, -0.1) is 0 Å². The molecule has 0 aliphatic rings. The number of urea groups is 1. The molecule has 0 spiro atoms. The molecule has 0 saturated carbocycles. The van der Waals surface area contributed by atoms with Crippen molar-refractivity contribution in [2.75, 3.05) is 143 Å². The fourth-order valence-electron chi connectivity index (χ4n) is 6.16. The van der Waals surface area contributed by atoms with Gasteiger partial charge in [-0.1, -0.05) is 42.8 Å². The highest BCUT2D eigenvalue weighted by Crippen LogP contribution is 2.29. The van der Waals surface area contributed by atoms with Gasteiger partial charge in [0.2, 0.25) is 23.6 Å². The van der Waals surface area contributed by atoms with E-state index in [0.29, 0.717) is 129 Å². The van der Waals surface area contributed by atoms with Crippen LogP contribution in [0.5, 0.6) is 0 Å². The Bertz CT molecular complexity index is 1830. The van der Waals surface area contributed by atoms with Gasteiger partial charge in [0.05, 0.1) is 106 Å². The summed E-state index contributed by atoms with van der Waals surface area (Å²) in [5, 5.41) is 23.9. The SMILES string of the molecule is CC(C)[C@H](NC(=O)CCOCCOCCOCCOCCOCCOCCOCCOCCNC(=O)CCSSc1ccccn1)C(=O)N[C@@H](CCCNC(N)=O)C(=O)Nc1ccc(CN(CCN)C(=O)O)cc1. The van der Waals surface area contributed by atoms with E-state index in [2.05, 4.69) is 31.6 Å². The highest BCUT2D eigenvalue weighted by Gasteiger charge is 2.29. The minimum atomic E-state index is -1.10. The van der Waals surface area contributed by atoms with Crippen LogP contribution in [-0.2, 0) is 63.6 Å². The van der Waals surface area contributed by atoms with Crippen LogP contribution >= 0.6 is 21.6 Å². The number of hydrogen-bond donors (Lipinski definition) is 8. The molecule has 0 aliphatic carbocycles. The molecule has 0 fully saturated rings. The first-order valence-corrected chi connectivity index (χ1v) is 27.0. The Morgan fingerprint density at radius 3 is 1.72 bits per heavy atom. The highest BCUT2D eigenvalue weighted by atomic mass is 33.1. The van der Waals surface area contributed by atoms with Gasteiger partial charge >= 0.3 is 12.1 Å². The van der Waals surface area contributed by atoms with Crippen LogP contribution in [0.25, 0.3) is 0 Å². The summed E-state index contributed by atoms with van der Waals surface area (Å²) < 4.78 is 44.1. The third-order valence-corrected chi connectivity index (χ3v) is 12.2. The zero-order chi connectivity index (χ0) is 53.9. The number of amides is 7. The molecule has 1 aromatic carbocycles. The maximum absolute atomic E-state index is 13.5. The van der Waals surface area contributed by atoms with Gasteiger partial charge < -0.3 is 86.0 Å². The van der Waals surface area contributed by atoms with Crippen LogP contribution in [0.15, 0.2) is 53.7 Å². The van der Waals surface area contributed by atoms with E-state index in [0.717, 1.165) is 5.03 Å². The monoisotopic (exact) mass is 1090 g/mol. The summed E-state index contributed by atoms with van der Waals surface area (Å²) in [6.45, 7) is 10.6. The predicted molar refractivity (Wildman–Crippen MR) is 279 cm³/mol. The van der Waals surface area contributed by atoms with Crippen molar-refractivity contribution in [2.45, 2.75) is 63.2 Å². The van der Waals surface area contributed by atoms with Crippen LogP contribution < -0.4 is 38.1 Å². The first-order chi connectivity index (χ1) is 35.9. The lowest BCUT2D eigenvalue weighted by Gasteiger charge is -2.25. The molecular weight excluding hydrogens is 1010 g/mol. The number of ether oxygens (including phenoxy) is 8. The quantitative estimate of drug-likeness (QED) is 0.0347. The van der Waals surface area contributed by atoms with Crippen LogP contribution in [0.4, 0.5) is 15.3 Å². The molecule has 74 heavy (non-hydrogen) atoms. The average molecular weight is 1090 g/mol. The molecule has 418 valence electrons. The lowest BCUT2D eigenvalue weighted by Crippen LogP contribution is -2.54. The van der Waals surface area contributed by atoms with Gasteiger partial charge in [-0.05, 0) is 59.4 Å². The molecule has 0 bridgehead atoms. The zero-order valence-corrected chi connectivity index (χ0v) is 44.4. The van der Waals surface area contributed by atoms with E-state index in [4.69, 9.17) is 49.4 Å². The number of nitrogens with two attached hydrogens (primary N) is 2. The van der Waals surface area contributed by atoms with Crippen molar-refractivity contribution in [1.29, 1.82) is 0 Å². The topological polar surface area (TPSA) is 325 Å². The molecule has 2 aromatic rings. The van der Waals surface area contributed by atoms with E-state index < -0.39 is 41.9 Å².